The van der Waals surface area contributed by atoms with E-state index in [1.54, 1.807) is 0 Å². The molecule has 4 nitrogen and oxygen atoms in total. The minimum Gasteiger partial charge on any atom is -0.326 e. The molecule has 1 amide bonds. The van der Waals surface area contributed by atoms with Gasteiger partial charge >= 0.3 is 0 Å². The highest BCUT2D eigenvalue weighted by atomic mass is 16.1. The molecular weight excluding hydrogens is 370 g/mol. The average Bonchev–Trinajstić information content (AvgIpc) is 2.75. The molecule has 0 aliphatic carbocycles. The van der Waals surface area contributed by atoms with Crippen molar-refractivity contribution in [3.05, 3.63) is 30.1 Å². The van der Waals surface area contributed by atoms with Gasteiger partial charge in [0.15, 0.2) is 0 Å². The first-order chi connectivity index (χ1) is 14.7. The first-order valence-electron chi connectivity index (χ1n) is 12.3. The third-order valence-corrected chi connectivity index (χ3v) is 5.67. The summed E-state index contributed by atoms with van der Waals surface area (Å²) in [5.41, 5.74) is 3.57. The summed E-state index contributed by atoms with van der Waals surface area (Å²) in [4.78, 5) is 21.5. The Balaban J connectivity index is 1.62. The maximum atomic E-state index is 12.3. The van der Waals surface area contributed by atoms with E-state index in [1.165, 1.54) is 57.8 Å². The number of fused-ring (bicyclic) bond motifs is 1. The van der Waals surface area contributed by atoms with Gasteiger partial charge in [-0.15, -0.1) is 0 Å². The molecule has 1 aromatic carbocycles. The van der Waals surface area contributed by atoms with E-state index in [4.69, 9.17) is 4.98 Å². The highest BCUT2D eigenvalue weighted by Crippen LogP contribution is 2.18. The molecule has 0 saturated carbocycles. The average molecular weight is 412 g/mol. The predicted octanol–water partition coefficient (Wildman–Crippen LogP) is 7.61. The minimum atomic E-state index is 0.0976. The number of nitrogens with zero attached hydrogens (tertiary/aromatic N) is 2. The maximum absolute atomic E-state index is 12.3. The zero-order chi connectivity index (χ0) is 21.4. The van der Waals surface area contributed by atoms with E-state index in [0.717, 1.165) is 54.5 Å². The van der Waals surface area contributed by atoms with Crippen molar-refractivity contribution in [2.75, 3.05) is 5.32 Å². The van der Waals surface area contributed by atoms with Gasteiger partial charge in [0.25, 0.3) is 0 Å². The fraction of sp³-hybridized carbons (Fsp3) is 0.654. The Morgan fingerprint density at radius 1 is 0.800 bits per heavy atom. The van der Waals surface area contributed by atoms with Gasteiger partial charge in [-0.3, -0.25) is 9.78 Å². The van der Waals surface area contributed by atoms with E-state index in [2.05, 4.69) is 24.1 Å². The molecule has 30 heavy (non-hydrogen) atoms. The van der Waals surface area contributed by atoms with Crippen LogP contribution in [-0.4, -0.2) is 15.9 Å². The third kappa shape index (κ3) is 9.69. The lowest BCUT2D eigenvalue weighted by Crippen LogP contribution is -2.11. The molecule has 0 spiro atoms. The number of aromatic nitrogens is 2. The molecule has 0 fully saturated rings. The van der Waals surface area contributed by atoms with E-state index >= 15 is 0 Å². The van der Waals surface area contributed by atoms with Crippen molar-refractivity contribution in [2.45, 2.75) is 110 Å². The monoisotopic (exact) mass is 411 g/mol. The van der Waals surface area contributed by atoms with Crippen LogP contribution >= 0.6 is 0 Å². The topological polar surface area (TPSA) is 54.9 Å². The zero-order valence-electron chi connectivity index (χ0n) is 19.2. The predicted molar refractivity (Wildman–Crippen MR) is 128 cm³/mol. The number of carbonyl (C=O) groups excluding carboxylic acids is 1. The lowest BCUT2D eigenvalue weighted by Gasteiger charge is -2.07. The van der Waals surface area contributed by atoms with Gasteiger partial charge in [0, 0.05) is 18.3 Å². The fourth-order valence-corrected chi connectivity index (χ4v) is 3.78. The zero-order valence-corrected chi connectivity index (χ0v) is 19.2. The first-order valence-corrected chi connectivity index (χ1v) is 12.3. The molecule has 166 valence electrons. The van der Waals surface area contributed by atoms with Gasteiger partial charge in [-0.25, -0.2) is 4.98 Å². The molecule has 1 N–H and O–H groups in total. The normalized spacial score (nSPS) is 11.1. The summed E-state index contributed by atoms with van der Waals surface area (Å²) < 4.78 is 0. The largest absolute Gasteiger partial charge is 0.326 e. The lowest BCUT2D eigenvalue weighted by molar-refractivity contribution is -0.116. The van der Waals surface area contributed by atoms with Crippen LogP contribution in [0, 0.1) is 0 Å². The van der Waals surface area contributed by atoms with Gasteiger partial charge in [-0.05, 0) is 37.5 Å². The van der Waals surface area contributed by atoms with Crippen molar-refractivity contribution in [2.24, 2.45) is 0 Å². The Bertz CT molecular complexity index is 744. The van der Waals surface area contributed by atoms with Crippen molar-refractivity contribution in [1.82, 2.24) is 9.97 Å². The quantitative estimate of drug-likeness (QED) is 0.289. The van der Waals surface area contributed by atoms with Crippen LogP contribution in [0.5, 0.6) is 0 Å². The second kappa shape index (κ2) is 14.9. The summed E-state index contributed by atoms with van der Waals surface area (Å²) in [5, 5.41) is 3.03. The number of unbranched alkanes of at least 4 members (excludes halogenated alkanes) is 11. The van der Waals surface area contributed by atoms with E-state index in [0.29, 0.717) is 6.42 Å². The number of hydrogen-bond donors (Lipinski definition) is 1. The van der Waals surface area contributed by atoms with Gasteiger partial charge in [-0.1, -0.05) is 84.5 Å². The van der Waals surface area contributed by atoms with Crippen molar-refractivity contribution in [3.63, 3.8) is 0 Å². The van der Waals surface area contributed by atoms with E-state index in [-0.39, 0.29) is 5.91 Å². The molecule has 0 bridgehead atoms. The number of amides is 1. The number of benzene rings is 1. The van der Waals surface area contributed by atoms with E-state index < -0.39 is 0 Å². The van der Waals surface area contributed by atoms with Crippen LogP contribution in [0.3, 0.4) is 0 Å². The van der Waals surface area contributed by atoms with Gasteiger partial charge < -0.3 is 5.32 Å². The molecule has 2 aromatic rings. The summed E-state index contributed by atoms with van der Waals surface area (Å²) in [6.45, 7) is 4.44. The molecule has 4 heteroatoms. The maximum Gasteiger partial charge on any atom is 0.224 e. The number of anilines is 1. The SMILES string of the molecule is CCCCCCCCCCCCCC(=O)Nc1ccc2ncc(CCCC)nc2c1. The molecule has 0 aliphatic rings. The summed E-state index contributed by atoms with van der Waals surface area (Å²) in [6.07, 6.45) is 19.9. The molecule has 0 atom stereocenters. The molecule has 1 heterocycles. The minimum absolute atomic E-state index is 0.0976. The molecule has 2 rings (SSSR count). The van der Waals surface area contributed by atoms with E-state index in [1.807, 2.05) is 24.4 Å². The summed E-state index contributed by atoms with van der Waals surface area (Å²) in [6, 6.07) is 5.79. The number of nitrogens with one attached hydrogen (secondary N) is 1. The molecule has 0 saturated heterocycles. The Labute approximate surface area is 183 Å². The third-order valence-electron chi connectivity index (χ3n) is 5.67. The van der Waals surface area contributed by atoms with Crippen LogP contribution < -0.4 is 5.32 Å². The van der Waals surface area contributed by atoms with Crippen LogP contribution in [0.1, 0.15) is 109 Å². The molecule has 0 radical (unpaired) electrons. The van der Waals surface area contributed by atoms with Crippen molar-refractivity contribution < 1.29 is 4.79 Å². The van der Waals surface area contributed by atoms with Crippen LogP contribution in [-0.2, 0) is 11.2 Å². The second-order valence-corrected chi connectivity index (χ2v) is 8.50. The first kappa shape index (κ1) is 24.3. The lowest BCUT2D eigenvalue weighted by atomic mass is 10.1. The number of aryl methyl sites for hydroxylation is 1. The Morgan fingerprint density at radius 3 is 2.10 bits per heavy atom. The van der Waals surface area contributed by atoms with E-state index in [9.17, 15) is 4.79 Å². The van der Waals surface area contributed by atoms with Gasteiger partial charge in [0.1, 0.15) is 0 Å². The number of hydrogen-bond acceptors (Lipinski definition) is 3. The molecule has 1 aromatic heterocycles. The fourth-order valence-electron chi connectivity index (χ4n) is 3.78. The van der Waals surface area contributed by atoms with Gasteiger partial charge in [-0.2, -0.15) is 0 Å². The summed E-state index contributed by atoms with van der Waals surface area (Å²) >= 11 is 0. The molecule has 0 unspecified atom stereocenters. The summed E-state index contributed by atoms with van der Waals surface area (Å²) in [5.74, 6) is 0.0976. The van der Waals surface area contributed by atoms with Crippen molar-refractivity contribution in [1.29, 1.82) is 0 Å². The summed E-state index contributed by atoms with van der Waals surface area (Å²) in [7, 11) is 0. The highest BCUT2D eigenvalue weighted by Gasteiger charge is 2.05. The van der Waals surface area contributed by atoms with Gasteiger partial charge in [0.05, 0.1) is 16.7 Å². The van der Waals surface area contributed by atoms with Crippen LogP contribution in [0.25, 0.3) is 11.0 Å². The Morgan fingerprint density at radius 2 is 1.43 bits per heavy atom. The number of carbonyl (C=O) groups is 1. The highest BCUT2D eigenvalue weighted by molar-refractivity contribution is 5.92. The van der Waals surface area contributed by atoms with Crippen molar-refractivity contribution >= 4 is 22.6 Å². The van der Waals surface area contributed by atoms with Crippen LogP contribution in [0.4, 0.5) is 5.69 Å². The van der Waals surface area contributed by atoms with Crippen LogP contribution in [0.15, 0.2) is 24.4 Å². The number of rotatable bonds is 16. The molecular formula is C26H41N3O. The Kier molecular flexibility index (Phi) is 12.1. The second-order valence-electron chi connectivity index (χ2n) is 8.50. The molecule has 0 aliphatic heterocycles. The van der Waals surface area contributed by atoms with Gasteiger partial charge in [0.2, 0.25) is 5.91 Å². The standard InChI is InChI=1S/C26H41N3O/c1-3-5-7-8-9-10-11-12-13-14-15-17-26(30)29-22-18-19-24-25(20-22)28-23(21-27-24)16-6-4-2/h18-21H,3-17H2,1-2H3,(H,29,30). The van der Waals surface area contributed by atoms with Crippen molar-refractivity contribution in [3.8, 4) is 0 Å². The Hall–Kier alpha value is -1.97. The smallest absolute Gasteiger partial charge is 0.224 e. The van der Waals surface area contributed by atoms with Crippen LogP contribution in [0.2, 0.25) is 0 Å².